The fourth-order valence-electron chi connectivity index (χ4n) is 3.01. The lowest BCUT2D eigenvalue weighted by Crippen LogP contribution is -2.47. The van der Waals surface area contributed by atoms with Gasteiger partial charge in [0.1, 0.15) is 12.6 Å². The van der Waals surface area contributed by atoms with Crippen LogP contribution in [0.25, 0.3) is 0 Å². The molecule has 2 aliphatic heterocycles. The average Bonchev–Trinajstić information content (AvgIpc) is 2.91. The van der Waals surface area contributed by atoms with Gasteiger partial charge in [-0.15, -0.1) is 0 Å². The van der Waals surface area contributed by atoms with Gasteiger partial charge in [0.15, 0.2) is 11.5 Å². The number of carbonyl (C=O) groups excluding carboxylic acids is 2. The molecule has 0 bridgehead atoms. The van der Waals surface area contributed by atoms with Crippen LogP contribution >= 0.6 is 0 Å². The third-order valence-electron chi connectivity index (χ3n) is 4.43. The van der Waals surface area contributed by atoms with Gasteiger partial charge < -0.3 is 19.1 Å². The number of benzene rings is 1. The van der Waals surface area contributed by atoms with Crippen molar-refractivity contribution < 1.29 is 23.8 Å². The molecule has 0 aromatic heterocycles. The van der Waals surface area contributed by atoms with E-state index in [-0.39, 0.29) is 12.5 Å². The monoisotopic (exact) mass is 320 g/mol. The molecule has 1 fully saturated rings. The van der Waals surface area contributed by atoms with Crippen LogP contribution in [0, 0.1) is 0 Å². The Kier molecular flexibility index (Phi) is 4.02. The molecule has 2 amide bonds. The minimum atomic E-state index is -0.538. The van der Waals surface area contributed by atoms with Gasteiger partial charge in [0, 0.05) is 20.1 Å². The fourth-order valence-corrected chi connectivity index (χ4v) is 3.01. The van der Waals surface area contributed by atoms with Crippen molar-refractivity contribution in [2.24, 2.45) is 0 Å². The normalized spacial score (nSPS) is 20.1. The van der Waals surface area contributed by atoms with Gasteiger partial charge >= 0.3 is 6.09 Å². The van der Waals surface area contributed by atoms with E-state index in [2.05, 4.69) is 0 Å². The number of rotatable bonds is 3. The maximum absolute atomic E-state index is 12.6. The maximum atomic E-state index is 12.6. The Balaban J connectivity index is 1.80. The Bertz CT molecular complexity index is 646. The number of fused-ring (bicyclic) bond motifs is 1. The number of likely N-dealkylation sites (N-methyl/N-ethyl adjacent to an activating group) is 1. The van der Waals surface area contributed by atoms with Gasteiger partial charge in [0.25, 0.3) is 0 Å². The summed E-state index contributed by atoms with van der Waals surface area (Å²) < 4.78 is 15.6. The molecule has 1 unspecified atom stereocenters. The van der Waals surface area contributed by atoms with Crippen molar-refractivity contribution in [1.29, 1.82) is 0 Å². The van der Waals surface area contributed by atoms with Crippen molar-refractivity contribution in [3.8, 4) is 11.5 Å². The largest absolute Gasteiger partial charge is 0.493 e. The molecule has 1 saturated heterocycles. The van der Waals surface area contributed by atoms with Gasteiger partial charge in [-0.05, 0) is 29.7 Å². The molecular formula is C16H20N2O5. The quantitative estimate of drug-likeness (QED) is 0.832. The number of methoxy groups -OCH3 is 2. The Labute approximate surface area is 134 Å². The number of hydrogen-bond donors (Lipinski definition) is 0. The second-order valence-corrected chi connectivity index (χ2v) is 5.69. The number of ether oxygens (including phenoxy) is 3. The fraction of sp³-hybridized carbons (Fsp3) is 0.500. The predicted octanol–water partition coefficient (Wildman–Crippen LogP) is 1.04. The smallest absolute Gasteiger partial charge is 0.410 e. The first-order chi connectivity index (χ1) is 11.0. The molecular weight excluding hydrogens is 300 g/mol. The van der Waals surface area contributed by atoms with Crippen LogP contribution in [0.15, 0.2) is 12.1 Å². The first-order valence-electron chi connectivity index (χ1n) is 7.47. The zero-order valence-corrected chi connectivity index (χ0v) is 13.5. The molecule has 124 valence electrons. The SMILES string of the molecule is COc1cc2c(cc1OC)CN(C(=O)C1COC(=O)N1C)CC2. The Morgan fingerprint density at radius 2 is 1.87 bits per heavy atom. The first-order valence-corrected chi connectivity index (χ1v) is 7.47. The highest BCUT2D eigenvalue weighted by atomic mass is 16.6. The van der Waals surface area contributed by atoms with E-state index in [0.717, 1.165) is 17.5 Å². The van der Waals surface area contributed by atoms with Gasteiger partial charge in [-0.25, -0.2) is 4.79 Å². The molecule has 0 saturated carbocycles. The first kappa shape index (κ1) is 15.5. The van der Waals surface area contributed by atoms with Crippen LogP contribution < -0.4 is 9.47 Å². The molecule has 0 N–H and O–H groups in total. The van der Waals surface area contributed by atoms with Crippen LogP contribution in [0.3, 0.4) is 0 Å². The van der Waals surface area contributed by atoms with E-state index in [0.29, 0.717) is 24.6 Å². The summed E-state index contributed by atoms with van der Waals surface area (Å²) in [5, 5.41) is 0. The highest BCUT2D eigenvalue weighted by Crippen LogP contribution is 2.33. The molecule has 1 aromatic rings. The van der Waals surface area contributed by atoms with Crippen LogP contribution in [0.1, 0.15) is 11.1 Å². The van der Waals surface area contributed by atoms with E-state index in [1.165, 1.54) is 4.90 Å². The molecule has 2 heterocycles. The van der Waals surface area contributed by atoms with E-state index < -0.39 is 12.1 Å². The highest BCUT2D eigenvalue weighted by molar-refractivity contribution is 5.88. The third-order valence-corrected chi connectivity index (χ3v) is 4.43. The third kappa shape index (κ3) is 2.67. The molecule has 23 heavy (non-hydrogen) atoms. The van der Waals surface area contributed by atoms with Gasteiger partial charge in [-0.2, -0.15) is 0 Å². The molecule has 7 heteroatoms. The van der Waals surface area contributed by atoms with Crippen LogP contribution in [0.5, 0.6) is 11.5 Å². The summed E-state index contributed by atoms with van der Waals surface area (Å²) in [6.07, 6.45) is 0.291. The average molecular weight is 320 g/mol. The van der Waals surface area contributed by atoms with Crippen molar-refractivity contribution >= 4 is 12.0 Å². The van der Waals surface area contributed by atoms with E-state index in [1.807, 2.05) is 12.1 Å². The number of carbonyl (C=O) groups is 2. The summed E-state index contributed by atoms with van der Waals surface area (Å²) >= 11 is 0. The second-order valence-electron chi connectivity index (χ2n) is 5.69. The summed E-state index contributed by atoms with van der Waals surface area (Å²) in [6.45, 7) is 1.22. The van der Waals surface area contributed by atoms with Crippen molar-refractivity contribution in [2.75, 3.05) is 34.4 Å². The van der Waals surface area contributed by atoms with Gasteiger partial charge in [0.05, 0.1) is 14.2 Å². The predicted molar refractivity (Wildman–Crippen MR) is 81.6 cm³/mol. The zero-order chi connectivity index (χ0) is 16.6. The second kappa shape index (κ2) is 5.98. The Morgan fingerprint density at radius 1 is 1.22 bits per heavy atom. The number of nitrogens with zero attached hydrogens (tertiary/aromatic N) is 2. The molecule has 3 rings (SSSR count). The molecule has 0 aliphatic carbocycles. The van der Waals surface area contributed by atoms with Crippen LogP contribution in [0.2, 0.25) is 0 Å². The van der Waals surface area contributed by atoms with E-state index >= 15 is 0 Å². The Morgan fingerprint density at radius 3 is 2.43 bits per heavy atom. The van der Waals surface area contributed by atoms with E-state index in [4.69, 9.17) is 14.2 Å². The lowest BCUT2D eigenvalue weighted by molar-refractivity contribution is -0.136. The number of amides is 2. The van der Waals surface area contributed by atoms with Crippen molar-refractivity contribution in [1.82, 2.24) is 9.80 Å². The van der Waals surface area contributed by atoms with Gasteiger partial charge in [0.2, 0.25) is 5.91 Å². The lowest BCUT2D eigenvalue weighted by Gasteiger charge is -2.32. The van der Waals surface area contributed by atoms with Crippen molar-refractivity contribution in [3.63, 3.8) is 0 Å². The van der Waals surface area contributed by atoms with Crippen molar-refractivity contribution in [3.05, 3.63) is 23.3 Å². The standard InChI is InChI=1S/C16H20N2O5/c1-17-12(9-23-16(17)20)15(19)18-5-4-10-6-13(21-2)14(22-3)7-11(10)8-18/h6-7,12H,4-5,8-9H2,1-3H3. The number of hydrogen-bond acceptors (Lipinski definition) is 5. The maximum Gasteiger partial charge on any atom is 0.410 e. The summed E-state index contributed by atoms with van der Waals surface area (Å²) in [6, 6.07) is 3.34. The summed E-state index contributed by atoms with van der Waals surface area (Å²) in [4.78, 5) is 27.2. The van der Waals surface area contributed by atoms with Crippen LogP contribution in [-0.4, -0.2) is 62.3 Å². The number of cyclic esters (lactones) is 1. The summed E-state index contributed by atoms with van der Waals surface area (Å²) in [7, 11) is 4.78. The highest BCUT2D eigenvalue weighted by Gasteiger charge is 2.38. The topological polar surface area (TPSA) is 68.3 Å². The Hall–Kier alpha value is -2.44. The minimum absolute atomic E-state index is 0.0845. The van der Waals surface area contributed by atoms with Gasteiger partial charge in [-0.3, -0.25) is 9.69 Å². The van der Waals surface area contributed by atoms with Crippen molar-refractivity contribution in [2.45, 2.75) is 19.0 Å². The summed E-state index contributed by atoms with van der Waals surface area (Å²) in [5.74, 6) is 1.26. The van der Waals surface area contributed by atoms with E-state index in [9.17, 15) is 9.59 Å². The minimum Gasteiger partial charge on any atom is -0.493 e. The molecule has 7 nitrogen and oxygen atoms in total. The van der Waals surface area contributed by atoms with Crippen LogP contribution in [0.4, 0.5) is 4.79 Å². The summed E-state index contributed by atoms with van der Waals surface area (Å²) in [5.41, 5.74) is 2.19. The molecule has 0 spiro atoms. The molecule has 1 aromatic carbocycles. The van der Waals surface area contributed by atoms with E-state index in [1.54, 1.807) is 26.2 Å². The lowest BCUT2D eigenvalue weighted by atomic mass is 9.98. The van der Waals surface area contributed by atoms with Crippen LogP contribution in [-0.2, 0) is 22.5 Å². The van der Waals surface area contributed by atoms with Gasteiger partial charge in [-0.1, -0.05) is 0 Å². The molecule has 0 radical (unpaired) electrons. The molecule has 1 atom stereocenters. The zero-order valence-electron chi connectivity index (χ0n) is 13.5. The molecule has 2 aliphatic rings.